The van der Waals surface area contributed by atoms with Crippen LogP contribution in [0.2, 0.25) is 0 Å². The number of hydrogen-bond acceptors (Lipinski definition) is 1. The molecule has 0 aliphatic carbocycles. The van der Waals surface area contributed by atoms with Crippen LogP contribution in [0.4, 0.5) is 0 Å². The first-order chi connectivity index (χ1) is 6.93. The van der Waals surface area contributed by atoms with Crippen molar-refractivity contribution in [3.8, 4) is 11.5 Å². The first-order valence-corrected chi connectivity index (χ1v) is 4.77. The van der Waals surface area contributed by atoms with Crippen LogP contribution in [0, 0.1) is 0 Å². The summed E-state index contributed by atoms with van der Waals surface area (Å²) in [6.07, 6.45) is 0.979. The van der Waals surface area contributed by atoms with Crippen LogP contribution in [0.1, 0.15) is 11.1 Å². The third-order valence-corrected chi connectivity index (χ3v) is 2.55. The van der Waals surface area contributed by atoms with E-state index in [-0.39, 0.29) is 19.5 Å². The van der Waals surface area contributed by atoms with Crippen molar-refractivity contribution in [1.82, 2.24) is 0 Å². The average molecular weight is 283 g/mol. The number of fused-ring (bicyclic) bond motifs is 2. The van der Waals surface area contributed by atoms with Gasteiger partial charge in [-0.15, -0.1) is 0 Å². The van der Waals surface area contributed by atoms with E-state index in [2.05, 4.69) is 24.3 Å². The van der Waals surface area contributed by atoms with Crippen LogP contribution >= 0.6 is 0 Å². The molecule has 0 unspecified atom stereocenters. The molecule has 2 aromatic rings. The van der Waals surface area contributed by atoms with Gasteiger partial charge in [-0.2, -0.15) is 0 Å². The van der Waals surface area contributed by atoms with Crippen molar-refractivity contribution in [3.05, 3.63) is 59.7 Å². The summed E-state index contributed by atoms with van der Waals surface area (Å²) in [6.45, 7) is 0. The molecule has 1 aliphatic heterocycles. The molecule has 0 N–H and O–H groups in total. The molecule has 0 aromatic heterocycles. The zero-order valence-corrected chi connectivity index (χ0v) is 9.83. The van der Waals surface area contributed by atoms with Crippen molar-refractivity contribution < 1.29 is 24.2 Å². The predicted molar refractivity (Wildman–Crippen MR) is 55.8 cm³/mol. The molecule has 0 bridgehead atoms. The molecule has 1 aliphatic rings. The molecule has 3 rings (SSSR count). The number of rotatable bonds is 0. The summed E-state index contributed by atoms with van der Waals surface area (Å²) in [5.74, 6) is 1.98. The molecule has 0 atom stereocenters. The molecule has 15 heavy (non-hydrogen) atoms. The van der Waals surface area contributed by atoms with Gasteiger partial charge >= 0.3 is 0 Å². The Morgan fingerprint density at radius 3 is 1.73 bits per heavy atom. The molecule has 0 saturated heterocycles. The third kappa shape index (κ3) is 1.82. The van der Waals surface area contributed by atoms with E-state index in [1.165, 1.54) is 11.1 Å². The number of hydrogen-bond donors (Lipinski definition) is 0. The second kappa shape index (κ2) is 4.16. The molecule has 2 heteroatoms. The Bertz CT molecular complexity index is 392. The molecule has 0 radical (unpaired) electrons. The van der Waals surface area contributed by atoms with Gasteiger partial charge in [-0.3, -0.25) is 0 Å². The van der Waals surface area contributed by atoms with Crippen molar-refractivity contribution >= 4 is 0 Å². The Morgan fingerprint density at radius 2 is 1.20 bits per heavy atom. The fraction of sp³-hybridized carbons (Fsp3) is 0.0769. The van der Waals surface area contributed by atoms with Crippen LogP contribution in [0.25, 0.3) is 0 Å². The van der Waals surface area contributed by atoms with E-state index in [0.717, 1.165) is 17.9 Å². The largest absolute Gasteiger partial charge is 0.457 e. The van der Waals surface area contributed by atoms with Gasteiger partial charge in [0.05, 0.1) is 0 Å². The minimum absolute atomic E-state index is 0. The zero-order valence-electron chi connectivity index (χ0n) is 8.09. The smallest absolute Gasteiger partial charge is 0.130 e. The summed E-state index contributed by atoms with van der Waals surface area (Å²) < 4.78 is 5.78. The summed E-state index contributed by atoms with van der Waals surface area (Å²) in [6, 6.07) is 16.4. The van der Waals surface area contributed by atoms with Crippen molar-refractivity contribution in [1.29, 1.82) is 0 Å². The van der Waals surface area contributed by atoms with Crippen molar-refractivity contribution in [2.24, 2.45) is 0 Å². The van der Waals surface area contributed by atoms with Gasteiger partial charge < -0.3 is 4.74 Å². The van der Waals surface area contributed by atoms with Crippen molar-refractivity contribution in [2.75, 3.05) is 0 Å². The molecule has 0 amide bonds. The Balaban J connectivity index is 0.000000853. The Labute approximate surface area is 102 Å². The Hall–Kier alpha value is -1.14. The van der Waals surface area contributed by atoms with Gasteiger partial charge in [0.15, 0.2) is 0 Å². The SMILES string of the molecule is [Ru].c1ccc2c(c1)Cc1ccccc1O2. The molecular formula is C13H10ORu. The summed E-state index contributed by atoms with van der Waals surface area (Å²) >= 11 is 0. The van der Waals surface area contributed by atoms with E-state index < -0.39 is 0 Å². The van der Waals surface area contributed by atoms with E-state index in [9.17, 15) is 0 Å². The summed E-state index contributed by atoms with van der Waals surface area (Å²) in [5, 5.41) is 0. The standard InChI is InChI=1S/C13H10O.Ru/c1-3-7-12-10(5-1)9-11-6-2-4-8-13(11)14-12;/h1-8H,9H2;. The molecule has 2 aromatic carbocycles. The van der Waals surface area contributed by atoms with Gasteiger partial charge in [0, 0.05) is 25.9 Å². The van der Waals surface area contributed by atoms with Gasteiger partial charge in [-0.05, 0) is 23.3 Å². The Morgan fingerprint density at radius 1 is 0.733 bits per heavy atom. The number of ether oxygens (including phenoxy) is 1. The number of para-hydroxylation sites is 2. The monoisotopic (exact) mass is 284 g/mol. The minimum Gasteiger partial charge on any atom is -0.457 e. The quantitative estimate of drug-likeness (QED) is 0.575. The molecule has 1 nitrogen and oxygen atoms in total. The molecule has 0 fully saturated rings. The van der Waals surface area contributed by atoms with Crippen molar-refractivity contribution in [2.45, 2.75) is 6.42 Å². The minimum atomic E-state index is 0. The van der Waals surface area contributed by atoms with Crippen LogP contribution in [-0.2, 0) is 25.9 Å². The zero-order chi connectivity index (χ0) is 9.38. The van der Waals surface area contributed by atoms with Gasteiger partial charge in [0.25, 0.3) is 0 Å². The van der Waals surface area contributed by atoms with Crippen LogP contribution in [0.15, 0.2) is 48.5 Å². The van der Waals surface area contributed by atoms with Crippen LogP contribution < -0.4 is 4.74 Å². The summed E-state index contributed by atoms with van der Waals surface area (Å²) in [7, 11) is 0. The van der Waals surface area contributed by atoms with Gasteiger partial charge in [-0.1, -0.05) is 36.4 Å². The summed E-state index contributed by atoms with van der Waals surface area (Å²) in [5.41, 5.74) is 2.54. The maximum Gasteiger partial charge on any atom is 0.130 e. The van der Waals surface area contributed by atoms with Gasteiger partial charge in [-0.25, -0.2) is 0 Å². The normalized spacial score (nSPS) is 11.7. The first kappa shape index (κ1) is 10.4. The van der Waals surface area contributed by atoms with Crippen LogP contribution in [0.3, 0.4) is 0 Å². The average Bonchev–Trinajstić information content (AvgIpc) is 2.26. The second-order valence-electron chi connectivity index (χ2n) is 3.49. The topological polar surface area (TPSA) is 9.23 Å². The van der Waals surface area contributed by atoms with E-state index in [0.29, 0.717) is 0 Å². The molecule has 0 saturated carbocycles. The predicted octanol–water partition coefficient (Wildman–Crippen LogP) is 3.38. The van der Waals surface area contributed by atoms with Gasteiger partial charge in [0.2, 0.25) is 0 Å². The third-order valence-electron chi connectivity index (χ3n) is 2.55. The van der Waals surface area contributed by atoms with Crippen LogP contribution in [-0.4, -0.2) is 0 Å². The maximum atomic E-state index is 5.78. The summed E-state index contributed by atoms with van der Waals surface area (Å²) in [4.78, 5) is 0. The van der Waals surface area contributed by atoms with Crippen molar-refractivity contribution in [3.63, 3.8) is 0 Å². The molecule has 76 valence electrons. The van der Waals surface area contributed by atoms with Crippen LogP contribution in [0.5, 0.6) is 11.5 Å². The first-order valence-electron chi connectivity index (χ1n) is 4.77. The Kier molecular flexibility index (Phi) is 2.88. The maximum absolute atomic E-state index is 5.78. The molecule has 1 heterocycles. The number of benzene rings is 2. The molecular weight excluding hydrogens is 273 g/mol. The molecule has 0 spiro atoms. The van der Waals surface area contributed by atoms with Gasteiger partial charge in [0.1, 0.15) is 11.5 Å². The fourth-order valence-electron chi connectivity index (χ4n) is 1.82. The van der Waals surface area contributed by atoms with E-state index >= 15 is 0 Å². The fourth-order valence-corrected chi connectivity index (χ4v) is 1.82. The van der Waals surface area contributed by atoms with E-state index in [1.54, 1.807) is 0 Å². The van der Waals surface area contributed by atoms with E-state index in [4.69, 9.17) is 4.74 Å². The second-order valence-corrected chi connectivity index (χ2v) is 3.49. The van der Waals surface area contributed by atoms with E-state index in [1.807, 2.05) is 24.3 Å².